The number of carbonyl (C=O) groups is 1. The number of anilines is 1. The van der Waals surface area contributed by atoms with Crippen LogP contribution in [0.2, 0.25) is 0 Å². The average Bonchev–Trinajstić information content (AvgIpc) is 2.47. The molecule has 7 nitrogen and oxygen atoms in total. The van der Waals surface area contributed by atoms with Gasteiger partial charge in [-0.2, -0.15) is 0 Å². The molecular weight excluding hydrogens is 246 g/mol. The van der Waals surface area contributed by atoms with E-state index in [0.29, 0.717) is 18.1 Å². The van der Waals surface area contributed by atoms with Crippen LogP contribution in [0.5, 0.6) is 0 Å². The second-order valence-electron chi connectivity index (χ2n) is 4.61. The molecule has 7 heteroatoms. The molecule has 0 bridgehead atoms. The first-order chi connectivity index (χ1) is 9.20. The van der Waals surface area contributed by atoms with Gasteiger partial charge in [-0.15, -0.1) is 0 Å². The van der Waals surface area contributed by atoms with Crippen LogP contribution in [0.15, 0.2) is 12.4 Å². The molecule has 0 radical (unpaired) electrons. The number of rotatable bonds is 4. The van der Waals surface area contributed by atoms with Crippen molar-refractivity contribution in [3.63, 3.8) is 0 Å². The molecule has 1 atom stereocenters. The minimum absolute atomic E-state index is 0.126. The second kappa shape index (κ2) is 6.44. The van der Waals surface area contributed by atoms with Crippen LogP contribution in [-0.4, -0.2) is 47.1 Å². The molecule has 1 aliphatic rings. The summed E-state index contributed by atoms with van der Waals surface area (Å²) in [6.45, 7) is 1.36. The van der Waals surface area contributed by atoms with E-state index in [2.05, 4.69) is 15.4 Å². The molecule has 1 unspecified atom stereocenters. The van der Waals surface area contributed by atoms with E-state index in [9.17, 15) is 4.79 Å². The molecule has 0 aromatic carbocycles. The van der Waals surface area contributed by atoms with Crippen molar-refractivity contribution < 1.29 is 9.53 Å². The molecule has 0 spiro atoms. The Morgan fingerprint density at radius 2 is 2.37 bits per heavy atom. The first-order valence-corrected chi connectivity index (χ1v) is 6.36. The predicted octanol–water partition coefficient (Wildman–Crippen LogP) is 0.403. The normalized spacial score (nSPS) is 18.9. The Labute approximate surface area is 112 Å². The summed E-state index contributed by atoms with van der Waals surface area (Å²) in [7, 11) is 1.75. The van der Waals surface area contributed by atoms with Crippen molar-refractivity contribution in [2.75, 3.05) is 25.6 Å². The quantitative estimate of drug-likeness (QED) is 0.604. The van der Waals surface area contributed by atoms with Crippen LogP contribution in [0.1, 0.15) is 29.8 Å². The monoisotopic (exact) mass is 265 g/mol. The van der Waals surface area contributed by atoms with Crippen molar-refractivity contribution in [1.29, 1.82) is 0 Å². The molecule has 1 amide bonds. The van der Waals surface area contributed by atoms with Crippen LogP contribution < -0.4 is 11.3 Å². The number of hydrogen-bond donors (Lipinski definition) is 2. The Kier molecular flexibility index (Phi) is 4.64. The van der Waals surface area contributed by atoms with Gasteiger partial charge in [0.15, 0.2) is 5.82 Å². The number of nitrogens with two attached hydrogens (primary N) is 1. The van der Waals surface area contributed by atoms with Crippen LogP contribution in [0.4, 0.5) is 5.82 Å². The average molecular weight is 265 g/mol. The van der Waals surface area contributed by atoms with E-state index in [1.807, 2.05) is 0 Å². The number of nitrogens with zero attached hydrogens (tertiary/aromatic N) is 3. The van der Waals surface area contributed by atoms with Gasteiger partial charge in [0.05, 0.1) is 18.5 Å². The first kappa shape index (κ1) is 13.7. The Hall–Kier alpha value is -1.73. The summed E-state index contributed by atoms with van der Waals surface area (Å²) in [4.78, 5) is 21.8. The highest BCUT2D eigenvalue weighted by Gasteiger charge is 2.20. The highest BCUT2D eigenvalue weighted by atomic mass is 16.5. The van der Waals surface area contributed by atoms with Gasteiger partial charge >= 0.3 is 0 Å². The lowest BCUT2D eigenvalue weighted by atomic mass is 10.1. The molecule has 1 aliphatic heterocycles. The molecule has 0 saturated carbocycles. The van der Waals surface area contributed by atoms with Gasteiger partial charge in [-0.3, -0.25) is 4.79 Å². The molecule has 1 fully saturated rings. The SMILES string of the molecule is CN(CC1CCCCO1)C(=O)c1cnc(NN)cn1. The summed E-state index contributed by atoms with van der Waals surface area (Å²) in [5.41, 5.74) is 2.67. The zero-order chi connectivity index (χ0) is 13.7. The van der Waals surface area contributed by atoms with E-state index < -0.39 is 0 Å². The van der Waals surface area contributed by atoms with Gasteiger partial charge in [0.25, 0.3) is 5.91 Å². The molecule has 3 N–H and O–H groups in total. The fourth-order valence-corrected chi connectivity index (χ4v) is 2.05. The molecule has 1 saturated heterocycles. The third-order valence-corrected chi connectivity index (χ3v) is 3.12. The number of carbonyl (C=O) groups excluding carboxylic acids is 1. The zero-order valence-electron chi connectivity index (χ0n) is 11.0. The molecule has 0 aliphatic carbocycles. The molecule has 1 aromatic heterocycles. The van der Waals surface area contributed by atoms with Crippen LogP contribution in [-0.2, 0) is 4.74 Å². The van der Waals surface area contributed by atoms with E-state index in [1.54, 1.807) is 11.9 Å². The van der Waals surface area contributed by atoms with Crippen LogP contribution in [0, 0.1) is 0 Å². The van der Waals surface area contributed by atoms with E-state index in [1.165, 1.54) is 12.4 Å². The molecular formula is C12H19N5O2. The van der Waals surface area contributed by atoms with E-state index in [4.69, 9.17) is 10.6 Å². The number of nitrogens with one attached hydrogen (secondary N) is 1. The largest absolute Gasteiger partial charge is 0.376 e. The van der Waals surface area contributed by atoms with E-state index >= 15 is 0 Å². The molecule has 2 heterocycles. The number of hydrazine groups is 1. The number of likely N-dealkylation sites (N-methyl/N-ethyl adjacent to an activating group) is 1. The van der Waals surface area contributed by atoms with Crippen molar-refractivity contribution >= 4 is 11.7 Å². The standard InChI is InChI=1S/C12H19N5O2/c1-17(8-9-4-2-3-5-19-9)12(18)10-6-15-11(16-13)7-14-10/h6-7,9H,2-5,8,13H2,1H3,(H,15,16). The second-order valence-corrected chi connectivity index (χ2v) is 4.61. The third kappa shape index (κ3) is 3.62. The maximum atomic E-state index is 12.1. The van der Waals surface area contributed by atoms with Crippen LogP contribution in [0.3, 0.4) is 0 Å². The Morgan fingerprint density at radius 3 is 2.95 bits per heavy atom. The van der Waals surface area contributed by atoms with Crippen molar-refractivity contribution in [3.05, 3.63) is 18.1 Å². The van der Waals surface area contributed by atoms with Crippen molar-refractivity contribution in [2.24, 2.45) is 5.84 Å². The lowest BCUT2D eigenvalue weighted by molar-refractivity contribution is -0.000298. The molecule has 1 aromatic rings. The van der Waals surface area contributed by atoms with Gasteiger partial charge in [0.2, 0.25) is 0 Å². The summed E-state index contributed by atoms with van der Waals surface area (Å²) in [6, 6.07) is 0. The molecule has 2 rings (SSSR count). The topological polar surface area (TPSA) is 93.4 Å². The lowest BCUT2D eigenvalue weighted by Gasteiger charge is -2.27. The van der Waals surface area contributed by atoms with Gasteiger partial charge in [0.1, 0.15) is 5.69 Å². The summed E-state index contributed by atoms with van der Waals surface area (Å²) in [5.74, 6) is 5.46. The number of amides is 1. The first-order valence-electron chi connectivity index (χ1n) is 6.36. The lowest BCUT2D eigenvalue weighted by Crippen LogP contribution is -2.37. The maximum Gasteiger partial charge on any atom is 0.273 e. The number of aromatic nitrogens is 2. The number of nitrogen functional groups attached to an aromatic ring is 1. The Balaban J connectivity index is 1.93. The Bertz CT molecular complexity index is 417. The van der Waals surface area contributed by atoms with Gasteiger partial charge in [-0.25, -0.2) is 15.8 Å². The Morgan fingerprint density at radius 1 is 1.53 bits per heavy atom. The van der Waals surface area contributed by atoms with E-state index in [-0.39, 0.29) is 12.0 Å². The van der Waals surface area contributed by atoms with Crippen molar-refractivity contribution in [1.82, 2.24) is 14.9 Å². The van der Waals surface area contributed by atoms with Crippen molar-refractivity contribution in [2.45, 2.75) is 25.4 Å². The molecule has 104 valence electrons. The van der Waals surface area contributed by atoms with Gasteiger partial charge in [-0.05, 0) is 19.3 Å². The van der Waals surface area contributed by atoms with Crippen molar-refractivity contribution in [3.8, 4) is 0 Å². The van der Waals surface area contributed by atoms with Gasteiger partial charge in [0, 0.05) is 20.2 Å². The summed E-state index contributed by atoms with van der Waals surface area (Å²) < 4.78 is 5.61. The fraction of sp³-hybridized carbons (Fsp3) is 0.583. The number of hydrogen-bond acceptors (Lipinski definition) is 6. The highest BCUT2D eigenvalue weighted by Crippen LogP contribution is 2.14. The zero-order valence-corrected chi connectivity index (χ0v) is 11.0. The minimum Gasteiger partial charge on any atom is -0.376 e. The smallest absolute Gasteiger partial charge is 0.273 e. The summed E-state index contributed by atoms with van der Waals surface area (Å²) in [6.07, 6.45) is 6.23. The maximum absolute atomic E-state index is 12.1. The van der Waals surface area contributed by atoms with E-state index in [0.717, 1.165) is 25.9 Å². The number of ether oxygens (including phenoxy) is 1. The fourth-order valence-electron chi connectivity index (χ4n) is 2.05. The predicted molar refractivity (Wildman–Crippen MR) is 70.4 cm³/mol. The molecule has 19 heavy (non-hydrogen) atoms. The van der Waals surface area contributed by atoms with Crippen LogP contribution >= 0.6 is 0 Å². The summed E-state index contributed by atoms with van der Waals surface area (Å²) in [5, 5.41) is 0. The highest BCUT2D eigenvalue weighted by molar-refractivity contribution is 5.91. The minimum atomic E-state index is -0.162. The van der Waals surface area contributed by atoms with Crippen LogP contribution in [0.25, 0.3) is 0 Å². The summed E-state index contributed by atoms with van der Waals surface area (Å²) >= 11 is 0. The van der Waals surface area contributed by atoms with Gasteiger partial charge < -0.3 is 15.1 Å². The third-order valence-electron chi connectivity index (χ3n) is 3.12. The van der Waals surface area contributed by atoms with Gasteiger partial charge in [-0.1, -0.05) is 0 Å².